The first-order valence-electron chi connectivity index (χ1n) is 13.9. The van der Waals surface area contributed by atoms with Crippen molar-refractivity contribution in [1.29, 1.82) is 0 Å². The van der Waals surface area contributed by atoms with Crippen molar-refractivity contribution < 1.29 is 13.9 Å². The number of aromatic nitrogens is 1. The van der Waals surface area contributed by atoms with Crippen LogP contribution in [-0.4, -0.2) is 33.2 Å². The summed E-state index contributed by atoms with van der Waals surface area (Å²) in [6.07, 6.45) is 9.29. The van der Waals surface area contributed by atoms with E-state index in [-0.39, 0.29) is 23.5 Å². The highest BCUT2D eigenvalue weighted by Crippen LogP contribution is 2.39. The minimum absolute atomic E-state index is 0.0493. The van der Waals surface area contributed by atoms with Gasteiger partial charge in [0.2, 0.25) is 0 Å². The van der Waals surface area contributed by atoms with Gasteiger partial charge in [-0.2, -0.15) is 0 Å². The van der Waals surface area contributed by atoms with Crippen LogP contribution in [-0.2, 0) is 11.3 Å². The number of halogens is 1. The molecule has 1 saturated heterocycles. The lowest BCUT2D eigenvalue weighted by molar-refractivity contribution is -0.124. The number of aryl methyl sites for hydroxylation is 1. The van der Waals surface area contributed by atoms with Crippen molar-refractivity contribution in [1.82, 2.24) is 9.47 Å². The van der Waals surface area contributed by atoms with E-state index in [1.165, 1.54) is 24.2 Å². The van der Waals surface area contributed by atoms with Gasteiger partial charge < -0.3 is 9.30 Å². The molecule has 1 aromatic heterocycles. The molecule has 4 aromatic rings. The van der Waals surface area contributed by atoms with Gasteiger partial charge >= 0.3 is 0 Å². The maximum Gasteiger partial charge on any atom is 0.267 e. The number of para-hydroxylation sites is 3. The standard InChI is InChI=1S/C33H32FN3O2S/c1-23-11-5-10-18-30(23)39-20-19-36-22-24(26-14-6-9-17-29(26)36)21-31-32(38)37(25-12-3-2-4-13-25)33(40-31)35-28-16-8-7-15-27(28)34/h5-11,14-18,21-22,25H,2-4,12-13,19-20H2,1H3. The molecule has 40 heavy (non-hydrogen) atoms. The summed E-state index contributed by atoms with van der Waals surface area (Å²) in [6.45, 7) is 3.25. The summed E-state index contributed by atoms with van der Waals surface area (Å²) in [5.74, 6) is 0.450. The van der Waals surface area contributed by atoms with Crippen LogP contribution in [0.4, 0.5) is 10.1 Å². The van der Waals surface area contributed by atoms with Crippen LogP contribution in [0.25, 0.3) is 17.0 Å². The molecule has 3 aromatic carbocycles. The van der Waals surface area contributed by atoms with Crippen LogP contribution < -0.4 is 4.74 Å². The van der Waals surface area contributed by atoms with Gasteiger partial charge in [0.25, 0.3) is 5.91 Å². The number of benzene rings is 3. The molecule has 5 nitrogen and oxygen atoms in total. The number of carbonyl (C=O) groups is 1. The van der Waals surface area contributed by atoms with Crippen molar-refractivity contribution in [2.75, 3.05) is 6.61 Å². The molecule has 204 valence electrons. The monoisotopic (exact) mass is 553 g/mol. The predicted molar refractivity (Wildman–Crippen MR) is 161 cm³/mol. The van der Waals surface area contributed by atoms with Crippen LogP contribution in [0.3, 0.4) is 0 Å². The molecule has 1 aliphatic carbocycles. The lowest BCUT2D eigenvalue weighted by Crippen LogP contribution is -2.40. The van der Waals surface area contributed by atoms with E-state index in [4.69, 9.17) is 4.74 Å². The second-order valence-corrected chi connectivity index (χ2v) is 11.3. The summed E-state index contributed by atoms with van der Waals surface area (Å²) in [4.78, 5) is 20.9. The molecule has 0 unspecified atom stereocenters. The first kappa shape index (κ1) is 26.4. The van der Waals surface area contributed by atoms with Gasteiger partial charge in [0.1, 0.15) is 23.9 Å². The van der Waals surface area contributed by atoms with Gasteiger partial charge in [-0.1, -0.05) is 67.8 Å². The molecule has 2 heterocycles. The molecule has 1 amide bonds. The van der Waals surface area contributed by atoms with E-state index < -0.39 is 0 Å². The average Bonchev–Trinajstić information content (AvgIpc) is 3.48. The minimum Gasteiger partial charge on any atom is -0.491 e. The number of amidine groups is 1. The fraction of sp³-hybridized carbons (Fsp3) is 0.273. The minimum atomic E-state index is -0.389. The number of thioether (sulfide) groups is 1. The Morgan fingerprint density at radius 1 is 1.00 bits per heavy atom. The van der Waals surface area contributed by atoms with Crippen LogP contribution in [0.15, 0.2) is 88.9 Å². The van der Waals surface area contributed by atoms with E-state index in [1.54, 1.807) is 18.2 Å². The summed E-state index contributed by atoms with van der Waals surface area (Å²) >= 11 is 1.34. The highest BCUT2D eigenvalue weighted by atomic mass is 32.2. The molecular weight excluding hydrogens is 521 g/mol. The molecule has 0 bridgehead atoms. The van der Waals surface area contributed by atoms with Gasteiger partial charge in [0.05, 0.1) is 11.4 Å². The van der Waals surface area contributed by atoms with Crippen molar-refractivity contribution >= 4 is 45.5 Å². The normalized spacial score (nSPS) is 18.4. The number of fused-ring (bicyclic) bond motifs is 1. The number of hydrogen-bond acceptors (Lipinski definition) is 4. The SMILES string of the molecule is Cc1ccccc1OCCn1cc(C=C2SC(=Nc3ccccc3F)N(C3CCCCC3)C2=O)c2ccccc21. The Hall–Kier alpha value is -3.84. The Morgan fingerprint density at radius 2 is 1.75 bits per heavy atom. The molecule has 0 spiro atoms. The van der Waals surface area contributed by atoms with Crippen molar-refractivity contribution in [3.63, 3.8) is 0 Å². The van der Waals surface area contributed by atoms with E-state index in [9.17, 15) is 9.18 Å². The first-order valence-corrected chi connectivity index (χ1v) is 14.7. The summed E-state index contributed by atoms with van der Waals surface area (Å²) in [7, 11) is 0. The van der Waals surface area contributed by atoms with Gasteiger partial charge in [-0.3, -0.25) is 9.69 Å². The van der Waals surface area contributed by atoms with Crippen LogP contribution in [0, 0.1) is 12.7 Å². The second-order valence-electron chi connectivity index (χ2n) is 10.3. The molecule has 0 N–H and O–H groups in total. The molecule has 0 atom stereocenters. The van der Waals surface area contributed by atoms with Crippen molar-refractivity contribution in [3.8, 4) is 5.75 Å². The number of carbonyl (C=O) groups excluding carboxylic acids is 1. The summed E-state index contributed by atoms with van der Waals surface area (Å²) < 4.78 is 22.8. The second kappa shape index (κ2) is 11.7. The van der Waals surface area contributed by atoms with Gasteiger partial charge in [-0.25, -0.2) is 9.38 Å². The first-order chi connectivity index (χ1) is 19.6. The smallest absolute Gasteiger partial charge is 0.267 e. The highest BCUT2D eigenvalue weighted by Gasteiger charge is 2.39. The lowest BCUT2D eigenvalue weighted by Gasteiger charge is -2.30. The predicted octanol–water partition coefficient (Wildman–Crippen LogP) is 8.10. The zero-order valence-electron chi connectivity index (χ0n) is 22.6. The summed E-state index contributed by atoms with van der Waals surface area (Å²) in [5.41, 5.74) is 3.42. The maximum atomic E-state index is 14.5. The third-order valence-electron chi connectivity index (χ3n) is 7.63. The van der Waals surface area contributed by atoms with E-state index in [0.717, 1.165) is 53.5 Å². The number of aliphatic imine (C=N–C) groups is 1. The Kier molecular flexibility index (Phi) is 7.73. The molecule has 6 rings (SSSR count). The third-order valence-corrected chi connectivity index (χ3v) is 8.62. The highest BCUT2D eigenvalue weighted by molar-refractivity contribution is 8.18. The molecular formula is C33H32FN3O2S. The molecule has 1 saturated carbocycles. The molecule has 2 fully saturated rings. The molecule has 2 aliphatic rings. The average molecular weight is 554 g/mol. The van der Waals surface area contributed by atoms with Crippen LogP contribution in [0.1, 0.15) is 43.2 Å². The quantitative estimate of drug-likeness (QED) is 0.217. The van der Waals surface area contributed by atoms with Gasteiger partial charge in [-0.05, 0) is 67.4 Å². The van der Waals surface area contributed by atoms with Crippen LogP contribution >= 0.6 is 11.8 Å². The van der Waals surface area contributed by atoms with Crippen molar-refractivity contribution in [3.05, 3.63) is 101 Å². The topological polar surface area (TPSA) is 46.8 Å². The number of rotatable bonds is 7. The van der Waals surface area contributed by atoms with Crippen LogP contribution in [0.2, 0.25) is 0 Å². The Labute approximate surface area is 238 Å². The Morgan fingerprint density at radius 3 is 2.58 bits per heavy atom. The number of nitrogens with zero attached hydrogens (tertiary/aromatic N) is 3. The van der Waals surface area contributed by atoms with E-state index in [2.05, 4.69) is 27.9 Å². The zero-order valence-corrected chi connectivity index (χ0v) is 23.4. The van der Waals surface area contributed by atoms with Gasteiger partial charge in [0.15, 0.2) is 5.17 Å². The van der Waals surface area contributed by atoms with E-state index in [0.29, 0.717) is 23.2 Å². The molecule has 1 aliphatic heterocycles. The van der Waals surface area contributed by atoms with Gasteiger partial charge in [0, 0.05) is 28.7 Å². The Balaban J connectivity index is 1.31. The fourth-order valence-electron chi connectivity index (χ4n) is 5.56. The zero-order chi connectivity index (χ0) is 27.5. The molecule has 7 heteroatoms. The summed E-state index contributed by atoms with van der Waals surface area (Å²) in [6, 6.07) is 22.8. The van der Waals surface area contributed by atoms with Crippen LogP contribution in [0.5, 0.6) is 5.75 Å². The Bertz CT molecular complexity index is 1600. The van der Waals surface area contributed by atoms with Crippen molar-refractivity contribution in [2.24, 2.45) is 4.99 Å². The lowest BCUT2D eigenvalue weighted by atomic mass is 9.94. The number of hydrogen-bond donors (Lipinski definition) is 0. The van der Waals surface area contributed by atoms with Gasteiger partial charge in [-0.15, -0.1) is 0 Å². The largest absolute Gasteiger partial charge is 0.491 e. The summed E-state index contributed by atoms with van der Waals surface area (Å²) in [5, 5.41) is 1.63. The van der Waals surface area contributed by atoms with E-state index >= 15 is 0 Å². The van der Waals surface area contributed by atoms with E-state index in [1.807, 2.05) is 54.3 Å². The van der Waals surface area contributed by atoms with Crippen molar-refractivity contribution in [2.45, 2.75) is 51.6 Å². The fourth-order valence-corrected chi connectivity index (χ4v) is 6.60. The third kappa shape index (κ3) is 5.43. The number of ether oxygens (including phenoxy) is 1. The number of amides is 1. The maximum absolute atomic E-state index is 14.5. The molecule has 0 radical (unpaired) electrons.